The maximum Gasteiger partial charge on any atom is 0.181 e. The molecule has 1 aromatic rings. The first-order valence-corrected chi connectivity index (χ1v) is 6.69. The molecule has 1 fully saturated rings. The van der Waals surface area contributed by atoms with Gasteiger partial charge in [-0.05, 0) is 18.2 Å². The molecule has 1 aromatic carbocycles. The van der Waals surface area contributed by atoms with Gasteiger partial charge in [0.15, 0.2) is 9.84 Å². The lowest BCUT2D eigenvalue weighted by Gasteiger charge is -2.03. The Hall–Kier alpha value is -0.290. The van der Waals surface area contributed by atoms with Gasteiger partial charge in [-0.25, -0.2) is 8.42 Å². The maximum atomic E-state index is 11.8. The van der Waals surface area contributed by atoms with E-state index >= 15 is 0 Å². The highest BCUT2D eigenvalue weighted by atomic mass is 35.5. The molecule has 0 aromatic heterocycles. The Morgan fingerprint density at radius 3 is 2.53 bits per heavy atom. The fraction of sp³-hybridized carbons (Fsp3) is 0.333. The number of hydrogen-bond donors (Lipinski definition) is 0. The van der Waals surface area contributed by atoms with E-state index in [-0.39, 0.29) is 21.8 Å². The van der Waals surface area contributed by atoms with Gasteiger partial charge in [0.25, 0.3) is 0 Å². The highest BCUT2D eigenvalue weighted by molar-refractivity contribution is 7.91. The van der Waals surface area contributed by atoms with Crippen LogP contribution in [-0.4, -0.2) is 26.9 Å². The largest absolute Gasteiger partial charge is 0.372 e. The molecule has 2 rings (SSSR count). The van der Waals surface area contributed by atoms with Crippen LogP contribution in [0.2, 0.25) is 10.0 Å². The smallest absolute Gasteiger partial charge is 0.181 e. The lowest BCUT2D eigenvalue weighted by molar-refractivity contribution is 0.422. The predicted molar refractivity (Wildman–Crippen MR) is 58.3 cm³/mol. The molecule has 0 aliphatic carbocycles. The minimum Gasteiger partial charge on any atom is -0.372 e. The molecule has 0 bridgehead atoms. The summed E-state index contributed by atoms with van der Waals surface area (Å²) < 4.78 is 28.4. The molecule has 1 atom stereocenters. The summed E-state index contributed by atoms with van der Waals surface area (Å²) in [6, 6.07) is 4.29. The van der Waals surface area contributed by atoms with Gasteiger partial charge in [-0.1, -0.05) is 23.2 Å². The standard InChI is InChI=1S/C9H8Cl2O3S/c10-8-2-1-7(3-9(8)11)15(12,13)5-6-4-14-6/h1-3,6H,4-5H2/t6-/m1/s1. The van der Waals surface area contributed by atoms with Gasteiger partial charge in [-0.2, -0.15) is 0 Å². The minimum atomic E-state index is -3.30. The van der Waals surface area contributed by atoms with E-state index in [1.165, 1.54) is 18.2 Å². The SMILES string of the molecule is O=S(=O)(C[C@H]1CO1)c1ccc(Cl)c(Cl)c1. The Balaban J connectivity index is 2.31. The Morgan fingerprint density at radius 2 is 2.00 bits per heavy atom. The van der Waals surface area contributed by atoms with Gasteiger partial charge in [0.1, 0.15) is 0 Å². The van der Waals surface area contributed by atoms with E-state index in [1.54, 1.807) is 0 Å². The van der Waals surface area contributed by atoms with Crippen LogP contribution in [0.1, 0.15) is 0 Å². The molecular weight excluding hydrogens is 259 g/mol. The first kappa shape index (κ1) is 11.2. The third-order valence-electron chi connectivity index (χ3n) is 2.06. The highest BCUT2D eigenvalue weighted by Gasteiger charge is 2.30. The molecule has 3 nitrogen and oxygen atoms in total. The summed E-state index contributed by atoms with van der Waals surface area (Å²) in [5.74, 6) is 0.00492. The van der Waals surface area contributed by atoms with Crippen molar-refractivity contribution in [2.75, 3.05) is 12.4 Å². The van der Waals surface area contributed by atoms with Crippen LogP contribution in [-0.2, 0) is 14.6 Å². The molecule has 1 heterocycles. The number of epoxide rings is 1. The van der Waals surface area contributed by atoms with Crippen molar-refractivity contribution in [2.45, 2.75) is 11.0 Å². The van der Waals surface area contributed by atoms with Crippen LogP contribution in [0.3, 0.4) is 0 Å². The number of ether oxygens (including phenoxy) is 1. The minimum absolute atomic E-state index is 0.00492. The number of hydrogen-bond acceptors (Lipinski definition) is 3. The molecule has 82 valence electrons. The molecule has 0 saturated carbocycles. The van der Waals surface area contributed by atoms with Crippen molar-refractivity contribution in [3.8, 4) is 0 Å². The quantitative estimate of drug-likeness (QED) is 0.788. The normalized spacial score (nSPS) is 20.3. The van der Waals surface area contributed by atoms with Crippen molar-refractivity contribution in [3.63, 3.8) is 0 Å². The van der Waals surface area contributed by atoms with Crippen molar-refractivity contribution in [1.29, 1.82) is 0 Å². The van der Waals surface area contributed by atoms with E-state index in [0.717, 1.165) is 0 Å². The average molecular weight is 267 g/mol. The van der Waals surface area contributed by atoms with Crippen molar-refractivity contribution in [2.24, 2.45) is 0 Å². The van der Waals surface area contributed by atoms with Crippen LogP contribution < -0.4 is 0 Å². The van der Waals surface area contributed by atoms with Gasteiger partial charge >= 0.3 is 0 Å². The average Bonchev–Trinajstić information content (AvgIpc) is 2.92. The molecule has 0 amide bonds. The molecule has 6 heteroatoms. The van der Waals surface area contributed by atoms with Crippen LogP contribution in [0, 0.1) is 0 Å². The van der Waals surface area contributed by atoms with Gasteiger partial charge in [0.2, 0.25) is 0 Å². The Kier molecular flexibility index (Phi) is 2.94. The number of rotatable bonds is 3. The molecule has 15 heavy (non-hydrogen) atoms. The van der Waals surface area contributed by atoms with E-state index in [2.05, 4.69) is 0 Å². The summed E-state index contributed by atoms with van der Waals surface area (Å²) in [5, 5.41) is 0.591. The molecule has 0 spiro atoms. The monoisotopic (exact) mass is 266 g/mol. The Morgan fingerprint density at radius 1 is 1.33 bits per heavy atom. The van der Waals surface area contributed by atoms with E-state index < -0.39 is 9.84 Å². The van der Waals surface area contributed by atoms with Crippen molar-refractivity contribution in [3.05, 3.63) is 28.2 Å². The highest BCUT2D eigenvalue weighted by Crippen LogP contribution is 2.26. The third-order valence-corrected chi connectivity index (χ3v) is 4.58. The predicted octanol–water partition coefficient (Wildman–Crippen LogP) is 2.17. The molecule has 0 N–H and O–H groups in total. The zero-order valence-corrected chi connectivity index (χ0v) is 9.94. The first-order valence-electron chi connectivity index (χ1n) is 4.28. The van der Waals surface area contributed by atoms with Crippen LogP contribution in [0.5, 0.6) is 0 Å². The van der Waals surface area contributed by atoms with E-state index in [0.29, 0.717) is 11.6 Å². The van der Waals surface area contributed by atoms with Gasteiger partial charge in [0, 0.05) is 0 Å². The Labute approximate surface area is 97.9 Å². The molecule has 0 radical (unpaired) electrons. The third kappa shape index (κ3) is 2.64. The van der Waals surface area contributed by atoms with E-state index in [4.69, 9.17) is 27.9 Å². The number of benzene rings is 1. The zero-order chi connectivity index (χ0) is 11.1. The maximum absolute atomic E-state index is 11.8. The summed E-state index contributed by atoms with van der Waals surface area (Å²) >= 11 is 11.4. The molecular formula is C9H8Cl2O3S. The summed E-state index contributed by atoms with van der Waals surface area (Å²) in [6.45, 7) is 0.514. The van der Waals surface area contributed by atoms with Gasteiger partial charge in [0.05, 0.1) is 33.4 Å². The van der Waals surface area contributed by atoms with Crippen molar-refractivity contribution >= 4 is 33.0 Å². The fourth-order valence-corrected chi connectivity index (χ4v) is 2.99. The lowest BCUT2D eigenvalue weighted by Crippen LogP contribution is -2.11. The zero-order valence-electron chi connectivity index (χ0n) is 7.61. The fourth-order valence-electron chi connectivity index (χ4n) is 1.18. The van der Waals surface area contributed by atoms with Crippen LogP contribution >= 0.6 is 23.2 Å². The molecule has 1 aliphatic heterocycles. The number of sulfone groups is 1. The summed E-state index contributed by atoms with van der Waals surface area (Å²) in [7, 11) is -3.30. The first-order chi connectivity index (χ1) is 6.99. The van der Waals surface area contributed by atoms with Crippen molar-refractivity contribution in [1.82, 2.24) is 0 Å². The van der Waals surface area contributed by atoms with Crippen LogP contribution in [0.4, 0.5) is 0 Å². The van der Waals surface area contributed by atoms with Crippen LogP contribution in [0.25, 0.3) is 0 Å². The Bertz CT molecular complexity index is 480. The molecule has 0 unspecified atom stereocenters. The molecule has 1 aliphatic rings. The van der Waals surface area contributed by atoms with Gasteiger partial charge in [-0.15, -0.1) is 0 Å². The van der Waals surface area contributed by atoms with Crippen molar-refractivity contribution < 1.29 is 13.2 Å². The second-order valence-electron chi connectivity index (χ2n) is 3.31. The van der Waals surface area contributed by atoms with E-state index in [9.17, 15) is 8.42 Å². The second kappa shape index (κ2) is 3.94. The second-order valence-corrected chi connectivity index (χ2v) is 6.16. The number of halogens is 2. The van der Waals surface area contributed by atoms with E-state index in [1.807, 2.05) is 0 Å². The summed E-state index contributed by atoms with van der Waals surface area (Å²) in [6.07, 6.45) is -0.163. The summed E-state index contributed by atoms with van der Waals surface area (Å²) in [4.78, 5) is 0.187. The van der Waals surface area contributed by atoms with Gasteiger partial charge in [-0.3, -0.25) is 0 Å². The van der Waals surface area contributed by atoms with Gasteiger partial charge < -0.3 is 4.74 Å². The van der Waals surface area contributed by atoms with Crippen LogP contribution in [0.15, 0.2) is 23.1 Å². The summed E-state index contributed by atoms with van der Waals surface area (Å²) in [5.41, 5.74) is 0. The lowest BCUT2D eigenvalue weighted by atomic mass is 10.4. The topological polar surface area (TPSA) is 46.7 Å². The molecule has 1 saturated heterocycles.